The smallest absolute Gasteiger partial charge is 0.164 e. The van der Waals surface area contributed by atoms with E-state index in [0.29, 0.717) is 13.2 Å². The van der Waals surface area contributed by atoms with Gasteiger partial charge in [0.2, 0.25) is 0 Å². The minimum absolute atomic E-state index is 0.117. The van der Waals surface area contributed by atoms with Crippen molar-refractivity contribution in [2.24, 2.45) is 0 Å². The van der Waals surface area contributed by atoms with Gasteiger partial charge in [-0.25, -0.2) is 0 Å². The normalized spacial score (nSPS) is 23.5. The van der Waals surface area contributed by atoms with Gasteiger partial charge in [0.05, 0.1) is 45.5 Å². The summed E-state index contributed by atoms with van der Waals surface area (Å²) in [5, 5.41) is 9.95. The Balaban J connectivity index is 1.22. The fraction of sp³-hybridized carbons (Fsp3) is 0.326. The Morgan fingerprint density at radius 2 is 1.11 bits per heavy atom. The van der Waals surface area contributed by atoms with Gasteiger partial charge in [0.15, 0.2) is 5.79 Å². The van der Waals surface area contributed by atoms with Crippen molar-refractivity contribution in [3.63, 3.8) is 0 Å². The quantitative estimate of drug-likeness (QED) is 0.0996. The molecular weight excluding hydrogens is 679 g/mol. The van der Waals surface area contributed by atoms with E-state index in [4.69, 9.17) is 33.2 Å². The van der Waals surface area contributed by atoms with Gasteiger partial charge in [0.1, 0.15) is 41.9 Å². The van der Waals surface area contributed by atoms with Gasteiger partial charge in [-0.05, 0) is 53.8 Å². The van der Waals surface area contributed by atoms with Gasteiger partial charge in [-0.2, -0.15) is 5.26 Å². The van der Waals surface area contributed by atoms with Crippen molar-refractivity contribution in [3.05, 3.63) is 173 Å². The third-order valence-electron chi connectivity index (χ3n) is 10.1. The molecule has 5 aromatic rings. The Bertz CT molecular complexity index is 1840. The maximum atomic E-state index is 9.95. The van der Waals surface area contributed by atoms with Gasteiger partial charge in [-0.3, -0.25) is 0 Å². The van der Waals surface area contributed by atoms with Crippen LogP contribution in [0.3, 0.4) is 0 Å². The minimum atomic E-state index is -0.961. The van der Waals surface area contributed by atoms with E-state index in [1.807, 2.05) is 123 Å². The lowest BCUT2D eigenvalue weighted by Crippen LogP contribution is -2.48. The van der Waals surface area contributed by atoms with Crippen molar-refractivity contribution in [1.82, 2.24) is 0 Å². The van der Waals surface area contributed by atoms with Crippen LogP contribution in [0.15, 0.2) is 146 Å². The number of hydrogen-bond donors (Lipinski definition) is 0. The van der Waals surface area contributed by atoms with Crippen LogP contribution in [0.2, 0.25) is 0 Å². The molecule has 7 rings (SSSR count). The summed E-state index contributed by atoms with van der Waals surface area (Å²) in [6.07, 6.45) is -3.41. The van der Waals surface area contributed by atoms with E-state index in [1.165, 1.54) is 0 Å². The van der Waals surface area contributed by atoms with Gasteiger partial charge in [-0.15, -0.1) is 0 Å². The van der Waals surface area contributed by atoms with Crippen LogP contribution < -0.4 is 4.74 Å². The first-order valence-electron chi connectivity index (χ1n) is 18.5. The van der Waals surface area contributed by atoms with Crippen LogP contribution in [0.25, 0.3) is 0 Å². The fourth-order valence-electron chi connectivity index (χ4n) is 7.59. The van der Waals surface area contributed by atoms with Gasteiger partial charge < -0.3 is 33.2 Å². The highest BCUT2D eigenvalue weighted by atomic mass is 16.8. The first kappa shape index (κ1) is 37.5. The lowest BCUT2D eigenvalue weighted by molar-refractivity contribution is -0.168. The van der Waals surface area contributed by atoms with E-state index in [-0.39, 0.29) is 13.0 Å². The summed E-state index contributed by atoms with van der Waals surface area (Å²) in [5.74, 6) is -0.187. The van der Waals surface area contributed by atoms with E-state index in [0.717, 1.165) is 33.6 Å². The summed E-state index contributed by atoms with van der Waals surface area (Å²) in [4.78, 5) is 0. The molecule has 54 heavy (non-hydrogen) atoms. The summed E-state index contributed by atoms with van der Waals surface area (Å²) in [6.45, 7) is 4.59. The van der Waals surface area contributed by atoms with Gasteiger partial charge in [-0.1, -0.05) is 133 Å². The highest BCUT2D eigenvalue weighted by molar-refractivity contribution is 5.47. The van der Waals surface area contributed by atoms with E-state index in [2.05, 4.69) is 42.5 Å². The Morgan fingerprint density at radius 3 is 1.63 bits per heavy atom. The molecule has 0 aliphatic carbocycles. The Labute approximate surface area is 318 Å². The van der Waals surface area contributed by atoms with Crippen molar-refractivity contribution in [1.29, 1.82) is 5.26 Å². The van der Waals surface area contributed by atoms with Crippen LogP contribution in [0.4, 0.5) is 0 Å². The van der Waals surface area contributed by atoms with Crippen molar-refractivity contribution >= 4 is 0 Å². The number of nitriles is 1. The minimum Gasteiger partial charge on any atom is -0.497 e. The van der Waals surface area contributed by atoms with Gasteiger partial charge >= 0.3 is 0 Å². The van der Waals surface area contributed by atoms with Crippen molar-refractivity contribution < 1.29 is 33.2 Å². The molecule has 2 aliphatic rings. The average molecular weight is 726 g/mol. The molecular formula is C46H47NO7. The first-order valence-corrected chi connectivity index (χ1v) is 18.5. The third-order valence-corrected chi connectivity index (χ3v) is 10.1. The summed E-state index contributed by atoms with van der Waals surface area (Å²) < 4.78 is 46.1. The molecule has 0 aromatic heterocycles. The standard InChI is InChI=1S/C46H47NO7/c1-45(2)53-40(32-51-46(35-18-10-5-11-19-35,36-20-12-6-13-21-36)37-22-14-7-15-23-37)42(54-45)44-43(50-30-33-16-8-4-9-17-33)41(39(52-44)28-29-47)49-31-34-24-26-38(48-3)27-25-34/h4-27,39-44H,28,30-32H2,1-3H3/t39-,40+,41-,42+,43+,44+/m1/s1. The molecule has 0 saturated carbocycles. The molecule has 2 aliphatic heterocycles. The molecule has 0 radical (unpaired) electrons. The van der Waals surface area contributed by atoms with Crippen LogP contribution in [0, 0.1) is 11.3 Å². The summed E-state index contributed by atoms with van der Waals surface area (Å²) >= 11 is 0. The third kappa shape index (κ3) is 8.28. The number of ether oxygens (including phenoxy) is 7. The van der Waals surface area contributed by atoms with Gasteiger partial charge in [0.25, 0.3) is 0 Å². The van der Waals surface area contributed by atoms with E-state index < -0.39 is 48.0 Å². The topological polar surface area (TPSA) is 88.4 Å². The summed E-state index contributed by atoms with van der Waals surface area (Å²) in [6, 6.07) is 50.8. The SMILES string of the molecule is COc1ccc(CO[C@H]2[C@H](OCc3ccccc3)[C@H]([C@H]3OC(C)(C)O[C@H]3COC(c3ccccc3)(c3ccccc3)c3ccccc3)O[C@@H]2CC#N)cc1. The van der Waals surface area contributed by atoms with E-state index >= 15 is 0 Å². The zero-order chi connectivity index (χ0) is 37.4. The van der Waals surface area contributed by atoms with Crippen molar-refractivity contribution in [2.45, 2.75) is 81.5 Å². The predicted molar refractivity (Wildman–Crippen MR) is 204 cm³/mol. The Hall–Kier alpha value is -4.85. The molecule has 2 fully saturated rings. The largest absolute Gasteiger partial charge is 0.497 e. The lowest BCUT2D eigenvalue weighted by atomic mass is 9.80. The number of rotatable bonds is 15. The lowest BCUT2D eigenvalue weighted by Gasteiger charge is -2.37. The van der Waals surface area contributed by atoms with E-state index in [1.54, 1.807) is 7.11 Å². The maximum absolute atomic E-state index is 9.95. The predicted octanol–water partition coefficient (Wildman–Crippen LogP) is 8.38. The second-order valence-electron chi connectivity index (χ2n) is 14.1. The molecule has 0 bridgehead atoms. The second kappa shape index (κ2) is 17.1. The van der Waals surface area contributed by atoms with Crippen LogP contribution >= 0.6 is 0 Å². The molecule has 8 heteroatoms. The molecule has 0 N–H and O–H groups in total. The fourth-order valence-corrected chi connectivity index (χ4v) is 7.59. The van der Waals surface area contributed by atoms with Crippen LogP contribution in [0.5, 0.6) is 5.75 Å². The number of nitrogens with zero attached hydrogens (tertiary/aromatic N) is 1. The molecule has 278 valence electrons. The van der Waals surface area contributed by atoms with Crippen LogP contribution in [0.1, 0.15) is 48.1 Å². The molecule has 2 heterocycles. The monoisotopic (exact) mass is 725 g/mol. The second-order valence-corrected chi connectivity index (χ2v) is 14.1. The molecule has 6 atom stereocenters. The molecule has 5 aromatic carbocycles. The average Bonchev–Trinajstić information content (AvgIpc) is 3.72. The van der Waals surface area contributed by atoms with Crippen LogP contribution in [-0.4, -0.2) is 56.1 Å². The highest BCUT2D eigenvalue weighted by Gasteiger charge is 2.56. The summed E-state index contributed by atoms with van der Waals surface area (Å²) in [5.41, 5.74) is 3.97. The summed E-state index contributed by atoms with van der Waals surface area (Å²) in [7, 11) is 1.64. The molecule has 0 spiro atoms. The van der Waals surface area contributed by atoms with E-state index in [9.17, 15) is 5.26 Å². The van der Waals surface area contributed by atoms with Crippen LogP contribution in [-0.2, 0) is 47.2 Å². The molecule has 0 unspecified atom stereocenters. The zero-order valence-corrected chi connectivity index (χ0v) is 31.0. The number of benzene rings is 5. The van der Waals surface area contributed by atoms with Crippen molar-refractivity contribution in [3.8, 4) is 11.8 Å². The molecule has 8 nitrogen and oxygen atoms in total. The Kier molecular flexibility index (Phi) is 11.9. The molecule has 0 amide bonds. The number of methoxy groups -OCH3 is 1. The van der Waals surface area contributed by atoms with Gasteiger partial charge in [0, 0.05) is 0 Å². The van der Waals surface area contributed by atoms with Crippen molar-refractivity contribution in [2.75, 3.05) is 13.7 Å². The Morgan fingerprint density at radius 1 is 0.611 bits per heavy atom. The first-order chi connectivity index (χ1) is 26.4. The maximum Gasteiger partial charge on any atom is 0.164 e. The molecule has 2 saturated heterocycles. The zero-order valence-electron chi connectivity index (χ0n) is 31.0. The number of hydrogen-bond acceptors (Lipinski definition) is 8. The highest BCUT2D eigenvalue weighted by Crippen LogP contribution is 2.44.